The first-order valence-corrected chi connectivity index (χ1v) is 9.33. The summed E-state index contributed by atoms with van der Waals surface area (Å²) in [6.07, 6.45) is -4.48. The smallest absolute Gasteiger partial charge is 0.378 e. The molecule has 0 bridgehead atoms. The molecule has 1 fully saturated rings. The van der Waals surface area contributed by atoms with Crippen molar-refractivity contribution in [2.24, 2.45) is 0 Å². The Hall–Kier alpha value is -1.66. The average Bonchev–Trinajstić information content (AvgIpc) is 2.58. The molecule has 1 aliphatic rings. The van der Waals surface area contributed by atoms with E-state index < -0.39 is 28.4 Å². The zero-order valence-corrected chi connectivity index (χ0v) is 14.2. The summed E-state index contributed by atoms with van der Waals surface area (Å²) in [5.41, 5.74) is 0. The van der Waals surface area contributed by atoms with Gasteiger partial charge in [-0.05, 0) is 0 Å². The predicted octanol–water partition coefficient (Wildman–Crippen LogP) is 0.597. The second-order valence-electron chi connectivity index (χ2n) is 5.37. The summed E-state index contributed by atoms with van der Waals surface area (Å²) in [7, 11) is -3.96. The van der Waals surface area contributed by atoms with Crippen LogP contribution in [0.1, 0.15) is 6.42 Å². The number of morpholine rings is 1. The minimum atomic E-state index is -4.50. The molecule has 1 aromatic heterocycles. The van der Waals surface area contributed by atoms with E-state index in [9.17, 15) is 21.6 Å². The van der Waals surface area contributed by atoms with Gasteiger partial charge in [-0.2, -0.15) is 13.2 Å². The first-order chi connectivity index (χ1) is 11.8. The number of ether oxygens (including phenoxy) is 1. The molecule has 0 saturated carbocycles. The molecule has 0 amide bonds. The van der Waals surface area contributed by atoms with Crippen molar-refractivity contribution >= 4 is 21.7 Å². The number of hydrogen-bond donors (Lipinski definition) is 2. The van der Waals surface area contributed by atoms with E-state index in [4.69, 9.17) is 4.74 Å². The van der Waals surface area contributed by atoms with Crippen LogP contribution in [-0.4, -0.2) is 69.7 Å². The molecule has 2 N–H and O–H groups in total. The Morgan fingerprint density at radius 3 is 2.60 bits per heavy atom. The minimum Gasteiger partial charge on any atom is -0.378 e. The molecule has 2 heterocycles. The molecule has 142 valence electrons. The van der Waals surface area contributed by atoms with Crippen LogP contribution in [0.4, 0.5) is 24.8 Å². The molecule has 1 saturated heterocycles. The lowest BCUT2D eigenvalue weighted by Crippen LogP contribution is -2.36. The fourth-order valence-corrected chi connectivity index (χ4v) is 3.19. The van der Waals surface area contributed by atoms with Gasteiger partial charge in [-0.3, -0.25) is 0 Å². The number of nitrogens with zero attached hydrogens (tertiary/aromatic N) is 3. The zero-order chi connectivity index (χ0) is 18.3. The highest BCUT2D eigenvalue weighted by Gasteiger charge is 2.29. The Balaban J connectivity index is 1.76. The van der Waals surface area contributed by atoms with Crippen LogP contribution in [0.5, 0.6) is 0 Å². The minimum absolute atomic E-state index is 0.0446. The first-order valence-electron chi connectivity index (χ1n) is 7.68. The summed E-state index contributed by atoms with van der Waals surface area (Å²) < 4.78 is 66.5. The molecular formula is C13H20F3N5O3S. The molecule has 0 radical (unpaired) electrons. The SMILES string of the molecule is O=S(=O)(CCC(F)(F)F)NCCNc1cc(N2CCOCC2)ncn1. The number of aromatic nitrogens is 2. The van der Waals surface area contributed by atoms with Crippen LogP contribution in [0.2, 0.25) is 0 Å². The van der Waals surface area contributed by atoms with E-state index in [-0.39, 0.29) is 13.1 Å². The second kappa shape index (κ2) is 8.63. The van der Waals surface area contributed by atoms with Crippen LogP contribution in [0, 0.1) is 0 Å². The second-order valence-corrected chi connectivity index (χ2v) is 7.29. The fraction of sp³-hybridized carbons (Fsp3) is 0.692. The van der Waals surface area contributed by atoms with Crippen molar-refractivity contribution in [3.05, 3.63) is 12.4 Å². The molecule has 12 heteroatoms. The maximum Gasteiger partial charge on any atom is 0.390 e. The first kappa shape index (κ1) is 19.7. The third kappa shape index (κ3) is 7.40. The van der Waals surface area contributed by atoms with Gasteiger partial charge in [0.1, 0.15) is 18.0 Å². The van der Waals surface area contributed by atoms with Crippen molar-refractivity contribution in [2.75, 3.05) is 55.4 Å². The van der Waals surface area contributed by atoms with Crippen LogP contribution in [-0.2, 0) is 14.8 Å². The number of halogens is 3. The number of hydrogen-bond acceptors (Lipinski definition) is 7. The van der Waals surface area contributed by atoms with E-state index in [1.807, 2.05) is 4.90 Å². The number of alkyl halides is 3. The highest BCUT2D eigenvalue weighted by Crippen LogP contribution is 2.19. The summed E-state index contributed by atoms with van der Waals surface area (Å²) in [5, 5.41) is 2.91. The number of anilines is 2. The van der Waals surface area contributed by atoms with Crippen LogP contribution in [0.3, 0.4) is 0 Å². The summed E-state index contributed by atoms with van der Waals surface area (Å²) >= 11 is 0. The highest BCUT2D eigenvalue weighted by atomic mass is 32.2. The van der Waals surface area contributed by atoms with Crippen LogP contribution >= 0.6 is 0 Å². The topological polar surface area (TPSA) is 96.5 Å². The van der Waals surface area contributed by atoms with E-state index in [2.05, 4.69) is 20.0 Å². The van der Waals surface area contributed by atoms with Crippen molar-refractivity contribution in [1.82, 2.24) is 14.7 Å². The van der Waals surface area contributed by atoms with Crippen molar-refractivity contribution in [1.29, 1.82) is 0 Å². The molecule has 0 atom stereocenters. The van der Waals surface area contributed by atoms with E-state index >= 15 is 0 Å². The fourth-order valence-electron chi connectivity index (χ4n) is 2.13. The molecule has 0 unspecified atom stereocenters. The highest BCUT2D eigenvalue weighted by molar-refractivity contribution is 7.89. The summed E-state index contributed by atoms with van der Waals surface area (Å²) in [6.45, 7) is 2.81. The molecule has 1 aromatic rings. The van der Waals surface area contributed by atoms with Gasteiger partial charge in [0.15, 0.2) is 0 Å². The average molecular weight is 383 g/mol. The van der Waals surface area contributed by atoms with Gasteiger partial charge in [0.25, 0.3) is 0 Å². The number of sulfonamides is 1. The Morgan fingerprint density at radius 2 is 1.92 bits per heavy atom. The number of rotatable bonds is 8. The summed E-state index contributed by atoms with van der Waals surface area (Å²) in [4.78, 5) is 10.2. The lowest BCUT2D eigenvalue weighted by Gasteiger charge is -2.27. The maximum atomic E-state index is 12.1. The van der Waals surface area contributed by atoms with Crippen molar-refractivity contribution in [2.45, 2.75) is 12.6 Å². The van der Waals surface area contributed by atoms with Crippen molar-refractivity contribution < 1.29 is 26.3 Å². The monoisotopic (exact) mass is 383 g/mol. The van der Waals surface area contributed by atoms with Crippen LogP contribution in [0.25, 0.3) is 0 Å². The standard InChI is InChI=1S/C13H20F3N5O3S/c14-13(15,16)1-8-25(22,23)20-3-2-17-11-9-12(19-10-18-11)21-4-6-24-7-5-21/h9-10,20H,1-8H2,(H,17,18,19). The molecule has 2 rings (SSSR count). The van der Waals surface area contributed by atoms with Gasteiger partial charge in [-0.15, -0.1) is 0 Å². The zero-order valence-electron chi connectivity index (χ0n) is 13.4. The number of nitrogens with one attached hydrogen (secondary N) is 2. The van der Waals surface area contributed by atoms with Gasteiger partial charge in [0.05, 0.1) is 25.4 Å². The van der Waals surface area contributed by atoms with Gasteiger partial charge in [0.2, 0.25) is 10.0 Å². The van der Waals surface area contributed by atoms with Gasteiger partial charge < -0.3 is 15.0 Å². The lowest BCUT2D eigenvalue weighted by molar-refractivity contribution is -0.129. The van der Waals surface area contributed by atoms with Crippen LogP contribution in [0.15, 0.2) is 12.4 Å². The van der Waals surface area contributed by atoms with E-state index in [0.717, 1.165) is 18.9 Å². The van der Waals surface area contributed by atoms with Gasteiger partial charge in [-0.1, -0.05) is 0 Å². The molecular weight excluding hydrogens is 363 g/mol. The van der Waals surface area contributed by atoms with E-state index in [1.165, 1.54) is 6.33 Å². The molecule has 0 aliphatic carbocycles. The van der Waals surface area contributed by atoms with Gasteiger partial charge in [0, 0.05) is 32.2 Å². The molecule has 8 nitrogen and oxygen atoms in total. The molecule has 1 aliphatic heterocycles. The predicted molar refractivity (Wildman–Crippen MR) is 86.0 cm³/mol. The Kier molecular flexibility index (Phi) is 6.79. The van der Waals surface area contributed by atoms with Crippen molar-refractivity contribution in [3.8, 4) is 0 Å². The maximum absolute atomic E-state index is 12.1. The third-order valence-corrected chi connectivity index (χ3v) is 4.78. The molecule has 25 heavy (non-hydrogen) atoms. The summed E-state index contributed by atoms with van der Waals surface area (Å²) in [6, 6.07) is 1.73. The van der Waals surface area contributed by atoms with E-state index in [0.29, 0.717) is 19.0 Å². The molecule has 0 spiro atoms. The summed E-state index contributed by atoms with van der Waals surface area (Å²) in [5.74, 6) is 0.253. The molecule has 0 aromatic carbocycles. The third-order valence-electron chi connectivity index (χ3n) is 3.40. The van der Waals surface area contributed by atoms with Gasteiger partial charge >= 0.3 is 6.18 Å². The Bertz CT molecular complexity index is 651. The van der Waals surface area contributed by atoms with Crippen LogP contribution < -0.4 is 14.9 Å². The normalized spacial score (nSPS) is 16.0. The van der Waals surface area contributed by atoms with Crippen molar-refractivity contribution in [3.63, 3.8) is 0 Å². The lowest BCUT2D eigenvalue weighted by atomic mass is 10.4. The van der Waals surface area contributed by atoms with E-state index in [1.54, 1.807) is 6.07 Å². The Labute approximate surface area is 143 Å². The largest absolute Gasteiger partial charge is 0.390 e. The quantitative estimate of drug-likeness (QED) is 0.635. The Morgan fingerprint density at radius 1 is 1.20 bits per heavy atom. The van der Waals surface area contributed by atoms with Gasteiger partial charge in [-0.25, -0.2) is 23.1 Å².